The Morgan fingerprint density at radius 1 is 1.43 bits per heavy atom. The van der Waals surface area contributed by atoms with Crippen molar-refractivity contribution in [2.24, 2.45) is 7.05 Å². The van der Waals surface area contributed by atoms with Crippen molar-refractivity contribution in [1.29, 1.82) is 0 Å². The van der Waals surface area contributed by atoms with Gasteiger partial charge in [0, 0.05) is 30.9 Å². The van der Waals surface area contributed by atoms with Gasteiger partial charge in [0.05, 0.1) is 4.88 Å². The van der Waals surface area contributed by atoms with Gasteiger partial charge >= 0.3 is 5.69 Å². The van der Waals surface area contributed by atoms with Crippen LogP contribution in [-0.2, 0) is 20.0 Å². The standard InChI is InChI=1S/C14H18N4O2S/c1-9-3-5-11(21-9)13(19)15-10-4-6-12-16-17(2)14(20)18(12)8-7-10/h3,5,10H,4,6-8H2,1-2H3,(H,15,19). The van der Waals surface area contributed by atoms with Crippen LogP contribution in [-0.4, -0.2) is 26.3 Å². The fourth-order valence-corrected chi connectivity index (χ4v) is 3.43. The van der Waals surface area contributed by atoms with Gasteiger partial charge in [-0.05, 0) is 31.9 Å². The van der Waals surface area contributed by atoms with Gasteiger partial charge in [0.25, 0.3) is 5.91 Å². The number of hydrogen-bond donors (Lipinski definition) is 1. The van der Waals surface area contributed by atoms with Crippen molar-refractivity contribution in [3.05, 3.63) is 38.2 Å². The van der Waals surface area contributed by atoms with E-state index in [1.54, 1.807) is 11.6 Å². The van der Waals surface area contributed by atoms with E-state index in [1.807, 2.05) is 19.1 Å². The van der Waals surface area contributed by atoms with E-state index in [1.165, 1.54) is 16.0 Å². The monoisotopic (exact) mass is 306 g/mol. The molecule has 7 heteroatoms. The van der Waals surface area contributed by atoms with Crippen LogP contribution in [0.1, 0.15) is 33.2 Å². The molecule has 0 radical (unpaired) electrons. The minimum atomic E-state index is -0.0779. The summed E-state index contributed by atoms with van der Waals surface area (Å²) in [6.45, 7) is 2.60. The molecule has 0 fully saturated rings. The molecule has 21 heavy (non-hydrogen) atoms. The van der Waals surface area contributed by atoms with Crippen LogP contribution >= 0.6 is 11.3 Å². The van der Waals surface area contributed by atoms with Gasteiger partial charge in [-0.1, -0.05) is 0 Å². The number of aryl methyl sites for hydroxylation is 3. The summed E-state index contributed by atoms with van der Waals surface area (Å²) in [6, 6.07) is 3.89. The van der Waals surface area contributed by atoms with E-state index in [4.69, 9.17) is 0 Å². The third-order valence-electron chi connectivity index (χ3n) is 3.80. The van der Waals surface area contributed by atoms with Crippen molar-refractivity contribution in [2.45, 2.75) is 38.8 Å². The topological polar surface area (TPSA) is 68.9 Å². The molecule has 0 spiro atoms. The predicted octanol–water partition coefficient (Wildman–Crippen LogP) is 1.09. The lowest BCUT2D eigenvalue weighted by atomic mass is 10.1. The molecule has 0 aromatic carbocycles. The number of carbonyl (C=O) groups excluding carboxylic acids is 1. The molecule has 0 saturated carbocycles. The largest absolute Gasteiger partial charge is 0.349 e. The second-order valence-electron chi connectivity index (χ2n) is 5.38. The van der Waals surface area contributed by atoms with Crippen molar-refractivity contribution in [1.82, 2.24) is 19.7 Å². The quantitative estimate of drug-likeness (QED) is 0.903. The van der Waals surface area contributed by atoms with E-state index in [2.05, 4.69) is 10.4 Å². The average molecular weight is 306 g/mol. The second kappa shape index (κ2) is 5.48. The summed E-state index contributed by atoms with van der Waals surface area (Å²) in [5.74, 6) is 0.789. The molecule has 0 saturated heterocycles. The molecule has 1 unspecified atom stereocenters. The van der Waals surface area contributed by atoms with Gasteiger partial charge < -0.3 is 5.32 Å². The van der Waals surface area contributed by atoms with Crippen LogP contribution in [0.4, 0.5) is 0 Å². The third kappa shape index (κ3) is 2.78. The Bertz CT molecular complexity index is 728. The zero-order valence-electron chi connectivity index (χ0n) is 12.1. The van der Waals surface area contributed by atoms with Gasteiger partial charge in [-0.3, -0.25) is 9.36 Å². The van der Waals surface area contributed by atoms with Gasteiger partial charge in [0.2, 0.25) is 0 Å². The molecule has 112 valence electrons. The fourth-order valence-electron chi connectivity index (χ4n) is 2.65. The fraction of sp³-hybridized carbons (Fsp3) is 0.500. The number of rotatable bonds is 2. The summed E-state index contributed by atoms with van der Waals surface area (Å²) in [7, 11) is 1.67. The first-order valence-corrected chi connectivity index (χ1v) is 7.86. The van der Waals surface area contributed by atoms with Gasteiger partial charge in [0.15, 0.2) is 0 Å². The van der Waals surface area contributed by atoms with Crippen molar-refractivity contribution in [2.75, 3.05) is 0 Å². The van der Waals surface area contributed by atoms with Crippen LogP contribution in [0.2, 0.25) is 0 Å². The predicted molar refractivity (Wildman–Crippen MR) is 80.7 cm³/mol. The Labute approximate surface area is 126 Å². The van der Waals surface area contributed by atoms with Crippen molar-refractivity contribution < 1.29 is 4.79 Å². The molecule has 2 aromatic heterocycles. The number of thiophene rings is 1. The molecule has 3 rings (SSSR count). The first-order valence-electron chi connectivity index (χ1n) is 7.04. The number of hydrogen-bond acceptors (Lipinski definition) is 4. The smallest absolute Gasteiger partial charge is 0.345 e. The normalized spacial score (nSPS) is 18.1. The van der Waals surface area contributed by atoms with Crippen LogP contribution < -0.4 is 11.0 Å². The van der Waals surface area contributed by atoms with Crippen LogP contribution in [0.3, 0.4) is 0 Å². The number of nitrogens with zero attached hydrogens (tertiary/aromatic N) is 3. The minimum absolute atomic E-state index is 0.0226. The van der Waals surface area contributed by atoms with Gasteiger partial charge in [0.1, 0.15) is 5.82 Å². The molecule has 1 atom stereocenters. The number of nitrogens with one attached hydrogen (secondary N) is 1. The lowest BCUT2D eigenvalue weighted by Gasteiger charge is -2.15. The summed E-state index contributed by atoms with van der Waals surface area (Å²) in [5.41, 5.74) is -0.0779. The third-order valence-corrected chi connectivity index (χ3v) is 4.80. The van der Waals surface area contributed by atoms with E-state index in [9.17, 15) is 9.59 Å². The minimum Gasteiger partial charge on any atom is -0.349 e. The molecule has 1 amide bonds. The molecule has 1 N–H and O–H groups in total. The molecular formula is C14H18N4O2S. The SMILES string of the molecule is Cc1ccc(C(=O)NC2CCc3nn(C)c(=O)n3CC2)s1. The number of carbonyl (C=O) groups is 1. The zero-order valence-corrected chi connectivity index (χ0v) is 12.9. The maximum atomic E-state index is 12.2. The Morgan fingerprint density at radius 3 is 2.95 bits per heavy atom. The lowest BCUT2D eigenvalue weighted by molar-refractivity contribution is 0.0937. The summed E-state index contributed by atoms with van der Waals surface area (Å²) < 4.78 is 3.09. The first-order chi connectivity index (χ1) is 10.0. The first kappa shape index (κ1) is 14.1. The Morgan fingerprint density at radius 2 is 2.24 bits per heavy atom. The molecule has 2 aromatic rings. The van der Waals surface area contributed by atoms with E-state index < -0.39 is 0 Å². The van der Waals surface area contributed by atoms with Gasteiger partial charge in [-0.25, -0.2) is 9.48 Å². The molecular weight excluding hydrogens is 288 g/mol. The molecule has 1 aliphatic rings. The average Bonchev–Trinajstić information content (AvgIpc) is 2.92. The number of aromatic nitrogens is 3. The Kier molecular flexibility index (Phi) is 3.67. The highest BCUT2D eigenvalue weighted by atomic mass is 32.1. The molecule has 0 aliphatic carbocycles. The maximum absolute atomic E-state index is 12.2. The highest BCUT2D eigenvalue weighted by Gasteiger charge is 2.22. The second-order valence-corrected chi connectivity index (χ2v) is 6.67. The lowest BCUT2D eigenvalue weighted by Crippen LogP contribution is -2.35. The van der Waals surface area contributed by atoms with Crippen molar-refractivity contribution in [3.63, 3.8) is 0 Å². The van der Waals surface area contributed by atoms with E-state index in [0.717, 1.165) is 28.4 Å². The Balaban J connectivity index is 1.67. The molecule has 0 bridgehead atoms. The summed E-state index contributed by atoms with van der Waals surface area (Å²) in [4.78, 5) is 25.9. The summed E-state index contributed by atoms with van der Waals surface area (Å²) >= 11 is 1.50. The Hall–Kier alpha value is -1.89. The highest BCUT2D eigenvalue weighted by molar-refractivity contribution is 7.13. The van der Waals surface area contributed by atoms with E-state index in [0.29, 0.717) is 13.0 Å². The molecule has 6 nitrogen and oxygen atoms in total. The van der Waals surface area contributed by atoms with Gasteiger partial charge in [-0.2, -0.15) is 5.10 Å². The van der Waals surface area contributed by atoms with Crippen LogP contribution in [0.5, 0.6) is 0 Å². The van der Waals surface area contributed by atoms with Crippen LogP contribution in [0, 0.1) is 6.92 Å². The molecule has 1 aliphatic heterocycles. The summed E-state index contributed by atoms with van der Waals surface area (Å²) in [6.07, 6.45) is 2.28. The molecule has 3 heterocycles. The van der Waals surface area contributed by atoms with Gasteiger partial charge in [-0.15, -0.1) is 11.3 Å². The van der Waals surface area contributed by atoms with E-state index >= 15 is 0 Å². The van der Waals surface area contributed by atoms with Crippen LogP contribution in [0.15, 0.2) is 16.9 Å². The van der Waals surface area contributed by atoms with Crippen molar-refractivity contribution >= 4 is 17.2 Å². The maximum Gasteiger partial charge on any atom is 0.345 e. The number of fused-ring (bicyclic) bond motifs is 1. The summed E-state index contributed by atoms with van der Waals surface area (Å²) in [5, 5.41) is 7.31. The number of amides is 1. The highest BCUT2D eigenvalue weighted by Crippen LogP contribution is 2.17. The van der Waals surface area contributed by atoms with Crippen LogP contribution in [0.25, 0.3) is 0 Å². The van der Waals surface area contributed by atoms with Crippen molar-refractivity contribution in [3.8, 4) is 0 Å². The van der Waals surface area contributed by atoms with E-state index in [-0.39, 0.29) is 17.6 Å². The zero-order chi connectivity index (χ0) is 15.0.